The Bertz CT molecular complexity index is 904. The van der Waals surface area contributed by atoms with Crippen LogP contribution in [0.3, 0.4) is 0 Å². The molecule has 0 aromatic heterocycles. The fraction of sp³-hybridized carbons (Fsp3) is 0.158. The van der Waals surface area contributed by atoms with E-state index < -0.39 is 23.5 Å². The van der Waals surface area contributed by atoms with E-state index in [9.17, 15) is 32.3 Å². The lowest BCUT2D eigenvalue weighted by Crippen LogP contribution is -2.13. The van der Waals surface area contributed by atoms with Gasteiger partial charge in [0.05, 0.1) is 16.8 Å². The summed E-state index contributed by atoms with van der Waals surface area (Å²) in [7, 11) is 0. The third-order valence-corrected chi connectivity index (χ3v) is 3.63. The van der Waals surface area contributed by atoms with E-state index in [2.05, 4.69) is 5.32 Å². The highest BCUT2D eigenvalue weighted by molar-refractivity contribution is 6.01. The zero-order valence-corrected chi connectivity index (χ0v) is 14.1. The van der Waals surface area contributed by atoms with Crippen LogP contribution in [0.4, 0.5) is 23.2 Å². The molecule has 0 atom stereocenters. The molecule has 0 fully saturated rings. The summed E-state index contributed by atoms with van der Waals surface area (Å²) in [5.74, 6) is -2.99. The molecule has 27 heavy (non-hydrogen) atoms. The van der Waals surface area contributed by atoms with Crippen molar-refractivity contribution in [1.29, 1.82) is 0 Å². The molecule has 0 spiro atoms. The largest absolute Gasteiger partial charge is 0.478 e. The topological polar surface area (TPSA) is 66.4 Å². The molecule has 2 aromatic rings. The second-order valence-electron chi connectivity index (χ2n) is 5.58. The van der Waals surface area contributed by atoms with Crippen LogP contribution in [0.15, 0.2) is 36.4 Å². The molecule has 0 radical (unpaired) electrons. The number of hydrogen-bond donors (Lipinski definition) is 2. The van der Waals surface area contributed by atoms with E-state index in [-0.39, 0.29) is 29.1 Å². The minimum atomic E-state index is -4.82. The summed E-state index contributed by atoms with van der Waals surface area (Å²) in [5, 5.41) is 11.7. The van der Waals surface area contributed by atoms with Crippen molar-refractivity contribution in [2.45, 2.75) is 19.5 Å². The molecule has 0 aliphatic rings. The quantitative estimate of drug-likeness (QED) is 0.562. The van der Waals surface area contributed by atoms with Gasteiger partial charge in [0.2, 0.25) is 5.91 Å². The Kier molecular flexibility index (Phi) is 5.99. The minimum Gasteiger partial charge on any atom is -0.478 e. The lowest BCUT2D eigenvalue weighted by molar-refractivity contribution is -0.140. The monoisotopic (exact) mass is 381 g/mol. The Labute approximate surface area is 152 Å². The summed E-state index contributed by atoms with van der Waals surface area (Å²) in [5.41, 5.74) is -0.932. The number of anilines is 1. The maximum atomic E-state index is 13.3. The normalized spacial score (nSPS) is 11.6. The van der Waals surface area contributed by atoms with Crippen molar-refractivity contribution in [2.75, 3.05) is 5.32 Å². The Hall–Kier alpha value is -3.16. The number of hydrogen-bond acceptors (Lipinski definition) is 2. The fourth-order valence-electron chi connectivity index (χ4n) is 2.25. The first-order valence-electron chi connectivity index (χ1n) is 7.84. The molecule has 0 aliphatic carbocycles. The number of rotatable bonds is 5. The van der Waals surface area contributed by atoms with Crippen LogP contribution in [0.2, 0.25) is 0 Å². The molecule has 0 bridgehead atoms. The highest BCUT2D eigenvalue weighted by atomic mass is 19.4. The number of amides is 1. The molecule has 0 unspecified atom stereocenters. The molecular weight excluding hydrogens is 366 g/mol. The van der Waals surface area contributed by atoms with Crippen molar-refractivity contribution in [3.05, 3.63) is 64.5 Å². The Balaban J connectivity index is 2.33. The van der Waals surface area contributed by atoms with Crippen molar-refractivity contribution < 1.29 is 32.3 Å². The summed E-state index contributed by atoms with van der Waals surface area (Å²) in [6, 6.07) is 6.73. The van der Waals surface area contributed by atoms with Crippen molar-refractivity contribution >= 4 is 29.7 Å². The van der Waals surface area contributed by atoms with E-state index in [4.69, 9.17) is 0 Å². The average Bonchev–Trinajstić information content (AvgIpc) is 2.60. The average molecular weight is 381 g/mol. The lowest BCUT2D eigenvalue weighted by atomic mass is 10.1. The van der Waals surface area contributed by atoms with E-state index in [1.54, 1.807) is 6.92 Å². The third-order valence-electron chi connectivity index (χ3n) is 3.63. The number of aromatic carboxylic acids is 1. The minimum absolute atomic E-state index is 0.101. The SMILES string of the molecule is CCC(=O)Nc1ccc(/C=C/c2ccc(F)c(C(F)(F)F)c2)cc1C(=O)O. The summed E-state index contributed by atoms with van der Waals surface area (Å²) < 4.78 is 51.5. The molecule has 142 valence electrons. The van der Waals surface area contributed by atoms with Crippen LogP contribution in [0.5, 0.6) is 0 Å². The summed E-state index contributed by atoms with van der Waals surface area (Å²) in [4.78, 5) is 22.8. The van der Waals surface area contributed by atoms with Crippen molar-refractivity contribution in [3.8, 4) is 0 Å². The van der Waals surface area contributed by atoms with Gasteiger partial charge in [-0.2, -0.15) is 13.2 Å². The number of halogens is 4. The predicted molar refractivity (Wildman–Crippen MR) is 92.7 cm³/mol. The van der Waals surface area contributed by atoms with Gasteiger partial charge in [-0.15, -0.1) is 0 Å². The van der Waals surface area contributed by atoms with Gasteiger partial charge < -0.3 is 10.4 Å². The van der Waals surface area contributed by atoms with Gasteiger partial charge in [0.25, 0.3) is 0 Å². The standard InChI is InChI=1S/C19H15F4NO3/c1-2-17(25)24-16-8-6-11(9-13(16)18(26)27)3-4-12-5-7-15(20)14(10-12)19(21,22)23/h3-10H,2H2,1H3,(H,24,25)(H,26,27)/b4-3+. The number of carboxylic acids is 1. The molecule has 2 N–H and O–H groups in total. The van der Waals surface area contributed by atoms with Crippen LogP contribution in [0, 0.1) is 5.82 Å². The first kappa shape index (κ1) is 20.2. The van der Waals surface area contributed by atoms with Crippen molar-refractivity contribution in [2.24, 2.45) is 0 Å². The van der Waals surface area contributed by atoms with E-state index in [1.165, 1.54) is 36.4 Å². The second kappa shape index (κ2) is 8.03. The number of carbonyl (C=O) groups is 2. The van der Waals surface area contributed by atoms with Crippen LogP contribution in [0.25, 0.3) is 12.2 Å². The van der Waals surface area contributed by atoms with Crippen LogP contribution in [-0.2, 0) is 11.0 Å². The summed E-state index contributed by atoms with van der Waals surface area (Å²) in [6.07, 6.45) is -1.94. The van der Waals surface area contributed by atoms with E-state index in [1.807, 2.05) is 0 Å². The van der Waals surface area contributed by atoms with Gasteiger partial charge in [0.15, 0.2) is 0 Å². The molecule has 2 aromatic carbocycles. The van der Waals surface area contributed by atoms with Crippen LogP contribution in [0.1, 0.15) is 40.4 Å². The molecule has 8 heteroatoms. The van der Waals surface area contributed by atoms with Gasteiger partial charge >= 0.3 is 12.1 Å². The number of nitrogens with one attached hydrogen (secondary N) is 1. The maximum Gasteiger partial charge on any atom is 0.419 e. The third kappa shape index (κ3) is 5.16. The molecule has 4 nitrogen and oxygen atoms in total. The van der Waals surface area contributed by atoms with E-state index in [0.29, 0.717) is 17.7 Å². The van der Waals surface area contributed by atoms with E-state index >= 15 is 0 Å². The molecule has 0 aliphatic heterocycles. The maximum absolute atomic E-state index is 13.3. The van der Waals surface area contributed by atoms with Crippen LogP contribution in [-0.4, -0.2) is 17.0 Å². The van der Waals surface area contributed by atoms with Gasteiger partial charge in [0, 0.05) is 6.42 Å². The number of alkyl halides is 3. The number of benzene rings is 2. The first-order chi connectivity index (χ1) is 12.6. The van der Waals surface area contributed by atoms with Crippen LogP contribution < -0.4 is 5.32 Å². The zero-order valence-electron chi connectivity index (χ0n) is 14.1. The van der Waals surface area contributed by atoms with Gasteiger partial charge in [-0.3, -0.25) is 4.79 Å². The Morgan fingerprint density at radius 2 is 1.67 bits per heavy atom. The zero-order chi connectivity index (χ0) is 20.2. The van der Waals surface area contributed by atoms with E-state index in [0.717, 1.165) is 0 Å². The Morgan fingerprint density at radius 3 is 2.22 bits per heavy atom. The molecule has 0 heterocycles. The van der Waals surface area contributed by atoms with Crippen LogP contribution >= 0.6 is 0 Å². The number of carbonyl (C=O) groups excluding carboxylic acids is 1. The second-order valence-corrected chi connectivity index (χ2v) is 5.58. The van der Waals surface area contributed by atoms with Crippen molar-refractivity contribution in [1.82, 2.24) is 0 Å². The molecule has 1 amide bonds. The first-order valence-corrected chi connectivity index (χ1v) is 7.84. The van der Waals surface area contributed by atoms with Gasteiger partial charge in [-0.05, 0) is 35.4 Å². The van der Waals surface area contributed by atoms with Gasteiger partial charge in [-0.25, -0.2) is 9.18 Å². The Morgan fingerprint density at radius 1 is 1.07 bits per heavy atom. The smallest absolute Gasteiger partial charge is 0.419 e. The highest BCUT2D eigenvalue weighted by Crippen LogP contribution is 2.32. The molecule has 0 saturated heterocycles. The lowest BCUT2D eigenvalue weighted by Gasteiger charge is -2.09. The molecular formula is C19H15F4NO3. The molecule has 2 rings (SSSR count). The fourth-order valence-corrected chi connectivity index (χ4v) is 2.25. The summed E-state index contributed by atoms with van der Waals surface area (Å²) in [6.45, 7) is 1.62. The van der Waals surface area contributed by atoms with Gasteiger partial charge in [0.1, 0.15) is 5.82 Å². The highest BCUT2D eigenvalue weighted by Gasteiger charge is 2.33. The predicted octanol–water partition coefficient (Wildman–Crippen LogP) is 5.06. The number of carboxylic acid groups (broad SMARTS) is 1. The molecule has 0 saturated carbocycles. The van der Waals surface area contributed by atoms with Crippen molar-refractivity contribution in [3.63, 3.8) is 0 Å². The summed E-state index contributed by atoms with van der Waals surface area (Å²) >= 11 is 0. The van der Waals surface area contributed by atoms with Gasteiger partial charge in [-0.1, -0.05) is 31.2 Å².